The molecular formula is C25H19N5O2. The molecule has 7 heteroatoms. The number of ether oxygens (including phenoxy) is 1. The molecule has 1 aromatic heterocycles. The van der Waals surface area contributed by atoms with E-state index in [-0.39, 0.29) is 12.1 Å². The lowest BCUT2D eigenvalue weighted by molar-refractivity contribution is 0.251. The predicted molar refractivity (Wildman–Crippen MR) is 120 cm³/mol. The molecule has 1 unspecified atom stereocenters. The molecule has 0 saturated carbocycles. The number of hydrogen-bond acceptors (Lipinski definition) is 4. The lowest BCUT2D eigenvalue weighted by Gasteiger charge is -2.16. The van der Waals surface area contributed by atoms with Crippen LogP contribution in [-0.2, 0) is 0 Å². The van der Waals surface area contributed by atoms with E-state index >= 15 is 0 Å². The van der Waals surface area contributed by atoms with Crippen LogP contribution in [0.25, 0.3) is 11.3 Å². The van der Waals surface area contributed by atoms with Crippen molar-refractivity contribution in [1.82, 2.24) is 14.9 Å². The van der Waals surface area contributed by atoms with Gasteiger partial charge in [0.05, 0.1) is 29.8 Å². The maximum absolute atomic E-state index is 12.6. The van der Waals surface area contributed by atoms with Crippen molar-refractivity contribution in [3.05, 3.63) is 96.4 Å². The van der Waals surface area contributed by atoms with Gasteiger partial charge in [-0.2, -0.15) is 5.26 Å². The van der Waals surface area contributed by atoms with Crippen LogP contribution in [-0.4, -0.2) is 22.1 Å². The first-order chi connectivity index (χ1) is 15.7. The van der Waals surface area contributed by atoms with E-state index in [1.807, 2.05) is 36.5 Å². The number of hydrogen-bond donors (Lipinski definition) is 2. The topological polar surface area (TPSA) is 92.0 Å². The highest BCUT2D eigenvalue weighted by Crippen LogP contribution is 2.38. The highest BCUT2D eigenvalue weighted by atomic mass is 16.5. The van der Waals surface area contributed by atoms with Crippen molar-refractivity contribution in [2.75, 3.05) is 11.9 Å². The van der Waals surface area contributed by atoms with Crippen LogP contribution in [0.4, 0.5) is 10.5 Å². The maximum Gasteiger partial charge on any atom is 0.319 e. The molecule has 1 aliphatic rings. The fraction of sp³-hybridized carbons (Fsp3) is 0.0800. The summed E-state index contributed by atoms with van der Waals surface area (Å²) in [5.74, 6) is 0.992. The number of nitriles is 1. The number of anilines is 1. The van der Waals surface area contributed by atoms with E-state index < -0.39 is 0 Å². The summed E-state index contributed by atoms with van der Waals surface area (Å²) in [6.07, 6.45) is 3.62. The minimum atomic E-state index is -0.341. The van der Waals surface area contributed by atoms with Gasteiger partial charge in [0, 0.05) is 23.9 Å². The molecule has 2 amide bonds. The zero-order valence-electron chi connectivity index (χ0n) is 17.0. The molecule has 4 aromatic rings. The van der Waals surface area contributed by atoms with Crippen molar-refractivity contribution in [3.8, 4) is 28.8 Å². The molecule has 0 bridgehead atoms. The summed E-state index contributed by atoms with van der Waals surface area (Å²) in [6.45, 7) is 0.413. The molecule has 0 saturated heterocycles. The molecule has 2 N–H and O–H groups in total. The molecule has 0 fully saturated rings. The van der Waals surface area contributed by atoms with Gasteiger partial charge in [-0.3, -0.25) is 0 Å². The minimum Gasteiger partial charge on any atom is -0.456 e. The molecule has 1 aliphatic heterocycles. The number of aromatic nitrogens is 2. The van der Waals surface area contributed by atoms with Gasteiger partial charge in [0.25, 0.3) is 0 Å². The fourth-order valence-electron chi connectivity index (χ4n) is 3.90. The first kappa shape index (κ1) is 19.4. The molecule has 156 valence electrons. The van der Waals surface area contributed by atoms with Crippen LogP contribution in [0, 0.1) is 11.3 Å². The van der Waals surface area contributed by atoms with E-state index in [9.17, 15) is 10.1 Å². The Morgan fingerprint density at radius 1 is 1.09 bits per heavy atom. The minimum absolute atomic E-state index is 0.0209. The Bertz CT molecular complexity index is 1320. The van der Waals surface area contributed by atoms with Crippen molar-refractivity contribution < 1.29 is 9.53 Å². The molecular weight excluding hydrogens is 402 g/mol. The number of fused-ring (bicyclic) bond motifs is 3. The highest BCUT2D eigenvalue weighted by Gasteiger charge is 2.28. The van der Waals surface area contributed by atoms with Gasteiger partial charge in [-0.05, 0) is 29.8 Å². The van der Waals surface area contributed by atoms with Crippen molar-refractivity contribution in [3.63, 3.8) is 0 Å². The van der Waals surface area contributed by atoms with E-state index in [1.54, 1.807) is 36.7 Å². The largest absolute Gasteiger partial charge is 0.456 e. The standard InChI is InChI=1S/C25H19N5O2/c26-13-17-10-11-18(12-24(17)32-19-6-2-1-3-7-19)29-25(31)28-15-23-21-9-5-4-8-20(21)22-14-27-16-30(22)23/h1-12,14,16,23H,15H2,(H2,28,29,31). The van der Waals surface area contributed by atoms with Crippen LogP contribution in [0.2, 0.25) is 0 Å². The fourth-order valence-corrected chi connectivity index (χ4v) is 3.90. The van der Waals surface area contributed by atoms with Crippen LogP contribution in [0.15, 0.2) is 85.3 Å². The molecule has 0 spiro atoms. The average Bonchev–Trinajstić information content (AvgIpc) is 3.40. The normalized spacial score (nSPS) is 13.5. The van der Waals surface area contributed by atoms with E-state index in [2.05, 4.69) is 38.4 Å². The quantitative estimate of drug-likeness (QED) is 0.477. The van der Waals surface area contributed by atoms with Gasteiger partial charge in [-0.15, -0.1) is 0 Å². The summed E-state index contributed by atoms with van der Waals surface area (Å²) in [6, 6.07) is 24.0. The van der Waals surface area contributed by atoms with Crippen LogP contribution in [0.3, 0.4) is 0 Å². The van der Waals surface area contributed by atoms with E-state index in [0.29, 0.717) is 29.3 Å². The molecule has 2 heterocycles. The summed E-state index contributed by atoms with van der Waals surface area (Å²) in [5, 5.41) is 15.1. The number of benzene rings is 3. The first-order valence-corrected chi connectivity index (χ1v) is 10.2. The molecule has 7 nitrogen and oxygen atoms in total. The van der Waals surface area contributed by atoms with Crippen LogP contribution >= 0.6 is 0 Å². The lowest BCUT2D eigenvalue weighted by atomic mass is 10.0. The maximum atomic E-state index is 12.6. The Morgan fingerprint density at radius 3 is 2.75 bits per heavy atom. The van der Waals surface area contributed by atoms with Gasteiger partial charge in [-0.25, -0.2) is 9.78 Å². The monoisotopic (exact) mass is 421 g/mol. The number of carbonyl (C=O) groups is 1. The van der Waals surface area contributed by atoms with Gasteiger partial charge in [0.15, 0.2) is 0 Å². The molecule has 0 aliphatic carbocycles. The SMILES string of the molecule is N#Cc1ccc(NC(=O)NCC2c3ccccc3-c3cncn32)cc1Oc1ccccc1. The Kier molecular flexibility index (Phi) is 5.02. The number of carbonyl (C=O) groups excluding carboxylic acids is 1. The van der Waals surface area contributed by atoms with Crippen molar-refractivity contribution in [1.29, 1.82) is 5.26 Å². The third-order valence-corrected chi connectivity index (χ3v) is 5.38. The van der Waals surface area contributed by atoms with Gasteiger partial charge >= 0.3 is 6.03 Å². The Hall–Kier alpha value is -4.57. The zero-order chi connectivity index (χ0) is 21.9. The summed E-state index contributed by atoms with van der Waals surface area (Å²) < 4.78 is 7.90. The van der Waals surface area contributed by atoms with E-state index in [1.165, 1.54) is 0 Å². The third kappa shape index (κ3) is 3.66. The molecule has 0 radical (unpaired) electrons. The van der Waals surface area contributed by atoms with Crippen LogP contribution in [0.5, 0.6) is 11.5 Å². The molecule has 32 heavy (non-hydrogen) atoms. The summed E-state index contributed by atoms with van der Waals surface area (Å²) in [4.78, 5) is 16.8. The smallest absolute Gasteiger partial charge is 0.319 e. The van der Waals surface area contributed by atoms with Crippen molar-refractivity contribution in [2.24, 2.45) is 0 Å². The Balaban J connectivity index is 1.28. The molecule has 5 rings (SSSR count). The second kappa shape index (κ2) is 8.28. The Morgan fingerprint density at radius 2 is 1.91 bits per heavy atom. The highest BCUT2D eigenvalue weighted by molar-refractivity contribution is 5.89. The Labute approximate surface area is 184 Å². The summed E-state index contributed by atoms with van der Waals surface area (Å²) in [7, 11) is 0. The number of rotatable bonds is 5. The van der Waals surface area contributed by atoms with E-state index in [0.717, 1.165) is 16.8 Å². The summed E-state index contributed by atoms with van der Waals surface area (Å²) in [5.41, 5.74) is 4.24. The number of imidazole rings is 1. The predicted octanol–water partition coefficient (Wildman–Crippen LogP) is 4.94. The zero-order valence-corrected chi connectivity index (χ0v) is 17.0. The van der Waals surface area contributed by atoms with E-state index in [4.69, 9.17) is 4.74 Å². The van der Waals surface area contributed by atoms with Crippen LogP contribution < -0.4 is 15.4 Å². The van der Waals surface area contributed by atoms with Crippen molar-refractivity contribution >= 4 is 11.7 Å². The number of nitrogens with one attached hydrogen (secondary N) is 2. The van der Waals surface area contributed by atoms with Gasteiger partial charge in [-0.1, -0.05) is 42.5 Å². The molecule has 1 atom stereocenters. The molecule has 3 aromatic carbocycles. The average molecular weight is 421 g/mol. The lowest BCUT2D eigenvalue weighted by Crippen LogP contribution is -2.33. The number of urea groups is 1. The third-order valence-electron chi connectivity index (χ3n) is 5.38. The van der Waals surface area contributed by atoms with Gasteiger partial charge < -0.3 is 19.9 Å². The number of nitrogens with zero attached hydrogens (tertiary/aromatic N) is 3. The van der Waals surface area contributed by atoms with Crippen molar-refractivity contribution in [2.45, 2.75) is 6.04 Å². The number of para-hydroxylation sites is 1. The number of amides is 2. The second-order valence-electron chi connectivity index (χ2n) is 7.36. The second-order valence-corrected chi connectivity index (χ2v) is 7.36. The summed E-state index contributed by atoms with van der Waals surface area (Å²) >= 11 is 0. The van der Waals surface area contributed by atoms with Gasteiger partial charge in [0.2, 0.25) is 0 Å². The van der Waals surface area contributed by atoms with Crippen LogP contribution in [0.1, 0.15) is 17.2 Å². The first-order valence-electron chi connectivity index (χ1n) is 10.2. The van der Waals surface area contributed by atoms with Gasteiger partial charge in [0.1, 0.15) is 17.6 Å².